The lowest BCUT2D eigenvalue weighted by Gasteiger charge is -2.13. The van der Waals surface area contributed by atoms with Gasteiger partial charge in [0.15, 0.2) is 4.77 Å². The zero-order valence-electron chi connectivity index (χ0n) is 9.61. The van der Waals surface area contributed by atoms with Crippen LogP contribution in [0.4, 0.5) is 0 Å². The molecule has 0 saturated carbocycles. The first-order valence-corrected chi connectivity index (χ1v) is 6.93. The molecule has 1 saturated heterocycles. The van der Waals surface area contributed by atoms with Gasteiger partial charge in [0.05, 0.1) is 17.1 Å². The van der Waals surface area contributed by atoms with E-state index in [0.29, 0.717) is 6.04 Å². The molecule has 1 aliphatic rings. The third-order valence-corrected chi connectivity index (χ3v) is 4.20. The van der Waals surface area contributed by atoms with Crippen molar-refractivity contribution in [3.63, 3.8) is 0 Å². The summed E-state index contributed by atoms with van der Waals surface area (Å²) in [6.45, 7) is 2.23. The predicted molar refractivity (Wildman–Crippen MR) is 76.0 cm³/mol. The van der Waals surface area contributed by atoms with E-state index in [0.717, 1.165) is 27.8 Å². The number of halogens is 1. The number of hydrogen-bond donors (Lipinski definition) is 1. The van der Waals surface area contributed by atoms with E-state index in [4.69, 9.17) is 12.2 Å². The zero-order chi connectivity index (χ0) is 12.0. The average molecular weight is 312 g/mol. The first-order valence-electron chi connectivity index (χ1n) is 5.73. The topological polar surface area (TPSA) is 24.0 Å². The van der Waals surface area contributed by atoms with Crippen molar-refractivity contribution in [1.82, 2.24) is 14.5 Å². The molecule has 1 atom stereocenters. The maximum atomic E-state index is 5.45. The minimum absolute atomic E-state index is 0.502. The van der Waals surface area contributed by atoms with Gasteiger partial charge >= 0.3 is 0 Å². The van der Waals surface area contributed by atoms with Crippen molar-refractivity contribution in [2.24, 2.45) is 0 Å². The van der Waals surface area contributed by atoms with Crippen LogP contribution in [0.3, 0.4) is 0 Å². The van der Waals surface area contributed by atoms with Gasteiger partial charge in [-0.25, -0.2) is 0 Å². The van der Waals surface area contributed by atoms with Crippen molar-refractivity contribution >= 4 is 39.2 Å². The van der Waals surface area contributed by atoms with Gasteiger partial charge in [-0.05, 0) is 50.4 Å². The summed E-state index contributed by atoms with van der Waals surface area (Å²) in [5.74, 6) is 0. The van der Waals surface area contributed by atoms with E-state index in [1.54, 1.807) is 0 Å². The number of imidazole rings is 1. The summed E-state index contributed by atoms with van der Waals surface area (Å²) in [7, 11) is 2.16. The number of rotatable bonds is 1. The Balaban J connectivity index is 2.15. The van der Waals surface area contributed by atoms with Gasteiger partial charge < -0.3 is 14.5 Å². The quantitative estimate of drug-likeness (QED) is 0.817. The van der Waals surface area contributed by atoms with Crippen molar-refractivity contribution in [3.05, 3.63) is 27.4 Å². The molecule has 1 unspecified atom stereocenters. The lowest BCUT2D eigenvalue weighted by atomic mass is 10.2. The van der Waals surface area contributed by atoms with E-state index in [1.807, 2.05) is 0 Å². The number of fused-ring (bicyclic) bond motifs is 1. The monoisotopic (exact) mass is 311 g/mol. The Labute approximate surface area is 114 Å². The highest BCUT2D eigenvalue weighted by atomic mass is 79.9. The fourth-order valence-electron chi connectivity index (χ4n) is 2.59. The van der Waals surface area contributed by atoms with Crippen molar-refractivity contribution in [1.29, 1.82) is 0 Å². The number of benzene rings is 1. The lowest BCUT2D eigenvalue weighted by molar-refractivity contribution is 0.394. The first kappa shape index (κ1) is 11.4. The third-order valence-electron chi connectivity index (χ3n) is 3.41. The molecule has 2 aromatic rings. The van der Waals surface area contributed by atoms with E-state index in [-0.39, 0.29) is 0 Å². The van der Waals surface area contributed by atoms with Gasteiger partial charge in [0.25, 0.3) is 0 Å². The minimum Gasteiger partial charge on any atom is -0.331 e. The lowest BCUT2D eigenvalue weighted by Crippen LogP contribution is -2.16. The molecule has 3 nitrogen and oxygen atoms in total. The fourth-order valence-corrected chi connectivity index (χ4v) is 3.31. The number of likely N-dealkylation sites (N-methyl/N-ethyl adjacent to an activating group) is 1. The van der Waals surface area contributed by atoms with Crippen molar-refractivity contribution in [2.45, 2.75) is 12.5 Å². The Kier molecular flexibility index (Phi) is 2.84. The van der Waals surface area contributed by atoms with Crippen LogP contribution in [0.1, 0.15) is 12.5 Å². The summed E-state index contributed by atoms with van der Waals surface area (Å²) >= 11 is 8.93. The SMILES string of the molecule is CN1CCC(n2c(=S)[nH]c3cc(Br)ccc32)C1. The van der Waals surface area contributed by atoms with E-state index in [1.165, 1.54) is 11.9 Å². The number of aromatic nitrogens is 2. The second-order valence-corrected chi connectivity index (χ2v) is 5.97. The molecule has 1 aromatic heterocycles. The molecule has 0 spiro atoms. The van der Waals surface area contributed by atoms with Crippen LogP contribution in [-0.2, 0) is 0 Å². The van der Waals surface area contributed by atoms with Gasteiger partial charge in [0.2, 0.25) is 0 Å². The highest BCUT2D eigenvalue weighted by Crippen LogP contribution is 2.27. The second-order valence-electron chi connectivity index (χ2n) is 4.67. The van der Waals surface area contributed by atoms with Crippen LogP contribution in [0.15, 0.2) is 22.7 Å². The molecule has 0 amide bonds. The van der Waals surface area contributed by atoms with E-state index in [9.17, 15) is 0 Å². The molecular weight excluding hydrogens is 298 g/mol. The summed E-state index contributed by atoms with van der Waals surface area (Å²) in [6.07, 6.45) is 1.17. The molecule has 0 aliphatic carbocycles. The van der Waals surface area contributed by atoms with Gasteiger partial charge in [-0.1, -0.05) is 15.9 Å². The molecule has 17 heavy (non-hydrogen) atoms. The van der Waals surface area contributed by atoms with Gasteiger partial charge in [0.1, 0.15) is 0 Å². The fraction of sp³-hybridized carbons (Fsp3) is 0.417. The third kappa shape index (κ3) is 1.96. The maximum Gasteiger partial charge on any atom is 0.178 e. The maximum absolute atomic E-state index is 5.45. The summed E-state index contributed by atoms with van der Waals surface area (Å²) in [6, 6.07) is 6.78. The molecule has 2 heterocycles. The Bertz CT molecular complexity index is 616. The summed E-state index contributed by atoms with van der Waals surface area (Å²) < 4.78 is 4.18. The van der Waals surface area contributed by atoms with E-state index < -0.39 is 0 Å². The molecule has 3 rings (SSSR count). The molecule has 1 aliphatic heterocycles. The molecule has 0 bridgehead atoms. The number of nitrogens with zero attached hydrogens (tertiary/aromatic N) is 2. The van der Waals surface area contributed by atoms with Crippen LogP contribution in [-0.4, -0.2) is 34.6 Å². The van der Waals surface area contributed by atoms with Crippen LogP contribution >= 0.6 is 28.1 Å². The predicted octanol–water partition coefficient (Wildman–Crippen LogP) is 3.34. The highest BCUT2D eigenvalue weighted by molar-refractivity contribution is 9.10. The summed E-state index contributed by atoms with van der Waals surface area (Å²) in [4.78, 5) is 5.64. The summed E-state index contributed by atoms with van der Waals surface area (Å²) in [5.41, 5.74) is 2.32. The van der Waals surface area contributed by atoms with Gasteiger partial charge in [-0.3, -0.25) is 0 Å². The normalized spacial score (nSPS) is 21.4. The van der Waals surface area contributed by atoms with Crippen molar-refractivity contribution in [2.75, 3.05) is 20.1 Å². The standard InChI is InChI=1S/C12H14BrN3S/c1-15-5-4-9(7-15)16-11-3-2-8(13)6-10(11)14-12(16)17/h2-3,6,9H,4-5,7H2,1H3,(H,14,17). The molecule has 0 radical (unpaired) electrons. The highest BCUT2D eigenvalue weighted by Gasteiger charge is 2.23. The Morgan fingerprint density at radius 3 is 3.00 bits per heavy atom. The Morgan fingerprint density at radius 1 is 1.47 bits per heavy atom. The van der Waals surface area contributed by atoms with Crippen LogP contribution in [0, 0.1) is 4.77 Å². The van der Waals surface area contributed by atoms with Gasteiger partial charge in [-0.2, -0.15) is 0 Å². The number of hydrogen-bond acceptors (Lipinski definition) is 2. The molecule has 1 fully saturated rings. The molecular formula is C12H14BrN3S. The summed E-state index contributed by atoms with van der Waals surface area (Å²) in [5, 5.41) is 0. The largest absolute Gasteiger partial charge is 0.331 e. The number of H-pyrrole nitrogens is 1. The molecule has 90 valence electrons. The van der Waals surface area contributed by atoms with Crippen molar-refractivity contribution in [3.8, 4) is 0 Å². The molecule has 1 N–H and O–H groups in total. The second kappa shape index (κ2) is 4.23. The van der Waals surface area contributed by atoms with Crippen LogP contribution in [0.2, 0.25) is 0 Å². The van der Waals surface area contributed by atoms with Gasteiger partial charge in [0, 0.05) is 11.0 Å². The van der Waals surface area contributed by atoms with E-state index >= 15 is 0 Å². The zero-order valence-corrected chi connectivity index (χ0v) is 12.0. The van der Waals surface area contributed by atoms with Crippen LogP contribution < -0.4 is 0 Å². The molecule has 1 aromatic carbocycles. The molecule has 5 heteroatoms. The van der Waals surface area contributed by atoms with Gasteiger partial charge in [-0.15, -0.1) is 0 Å². The van der Waals surface area contributed by atoms with Crippen molar-refractivity contribution < 1.29 is 0 Å². The Hall–Kier alpha value is -0.650. The smallest absolute Gasteiger partial charge is 0.178 e. The van der Waals surface area contributed by atoms with Crippen LogP contribution in [0.25, 0.3) is 11.0 Å². The van der Waals surface area contributed by atoms with Crippen LogP contribution in [0.5, 0.6) is 0 Å². The number of aromatic amines is 1. The van der Waals surface area contributed by atoms with E-state index in [2.05, 4.69) is 55.6 Å². The number of nitrogens with one attached hydrogen (secondary N) is 1. The average Bonchev–Trinajstić information content (AvgIpc) is 2.80. The minimum atomic E-state index is 0.502. The Morgan fingerprint density at radius 2 is 2.29 bits per heavy atom. The number of likely N-dealkylation sites (tertiary alicyclic amines) is 1. The first-order chi connectivity index (χ1) is 8.15.